The fraction of sp³-hybridized carbons (Fsp3) is 0.429. The molecule has 1 aliphatic heterocycles. The summed E-state index contributed by atoms with van der Waals surface area (Å²) < 4.78 is 5.78. The van der Waals surface area contributed by atoms with Crippen molar-refractivity contribution < 1.29 is 9.53 Å². The monoisotopic (exact) mass is 304 g/mol. The van der Waals surface area contributed by atoms with Gasteiger partial charge in [0.2, 0.25) is 0 Å². The van der Waals surface area contributed by atoms with E-state index in [1.54, 1.807) is 16.6 Å². The van der Waals surface area contributed by atoms with E-state index < -0.39 is 0 Å². The van der Waals surface area contributed by atoms with E-state index in [2.05, 4.69) is 15.0 Å². The zero-order valence-corrected chi connectivity index (χ0v) is 12.8. The second-order valence-corrected chi connectivity index (χ2v) is 5.84. The van der Waals surface area contributed by atoms with E-state index in [0.717, 1.165) is 17.2 Å². The summed E-state index contributed by atoms with van der Waals surface area (Å²) in [5, 5.41) is 0. The first-order valence-electron chi connectivity index (χ1n) is 6.75. The Kier molecular flexibility index (Phi) is 3.94. The number of amides is 1. The van der Waals surface area contributed by atoms with Gasteiger partial charge in [-0.2, -0.15) is 0 Å². The molecule has 0 saturated carbocycles. The molecule has 0 aliphatic carbocycles. The van der Waals surface area contributed by atoms with Crippen LogP contribution in [0.5, 0.6) is 0 Å². The van der Waals surface area contributed by atoms with Crippen molar-refractivity contribution in [3.05, 3.63) is 39.9 Å². The van der Waals surface area contributed by atoms with Gasteiger partial charge in [0.1, 0.15) is 16.8 Å². The van der Waals surface area contributed by atoms with Crippen LogP contribution < -0.4 is 0 Å². The topological polar surface area (TPSA) is 68.2 Å². The Morgan fingerprint density at radius 3 is 3.00 bits per heavy atom. The van der Waals surface area contributed by atoms with Crippen LogP contribution in [-0.4, -0.2) is 45.5 Å². The lowest BCUT2D eigenvalue weighted by atomic mass is 10.1. The molecular formula is C14H16N4O2S. The highest BCUT2D eigenvalue weighted by atomic mass is 32.1. The van der Waals surface area contributed by atoms with E-state index in [1.807, 2.05) is 19.9 Å². The predicted octanol–water partition coefficient (Wildman–Crippen LogP) is 1.76. The number of carbonyl (C=O) groups excluding carboxylic acids is 1. The molecule has 0 bridgehead atoms. The summed E-state index contributed by atoms with van der Waals surface area (Å²) in [6.45, 7) is 5.40. The van der Waals surface area contributed by atoms with Gasteiger partial charge in [-0.1, -0.05) is 0 Å². The number of hydrogen-bond acceptors (Lipinski definition) is 6. The largest absolute Gasteiger partial charge is 0.368 e. The standard InChI is InChI=1S/C14H16N4O2S/c1-9-5-11(17-10(2)16-9)12-7-18(3-4-20-12)14(19)13-6-15-8-21-13/h5-6,8,12H,3-4,7H2,1-2H3/t12-/m1/s1. The number of hydrogen-bond donors (Lipinski definition) is 0. The molecule has 2 aromatic heterocycles. The molecule has 3 rings (SSSR count). The third kappa shape index (κ3) is 3.08. The minimum absolute atomic E-state index is 0.00769. The zero-order valence-electron chi connectivity index (χ0n) is 11.9. The molecule has 3 heterocycles. The van der Waals surface area contributed by atoms with E-state index >= 15 is 0 Å². The Balaban J connectivity index is 1.78. The molecule has 0 radical (unpaired) electrons. The number of nitrogens with zero attached hydrogens (tertiary/aromatic N) is 4. The van der Waals surface area contributed by atoms with E-state index in [0.29, 0.717) is 24.6 Å². The molecule has 6 nitrogen and oxygen atoms in total. The molecule has 0 spiro atoms. The normalized spacial score (nSPS) is 18.8. The zero-order chi connectivity index (χ0) is 14.8. The summed E-state index contributed by atoms with van der Waals surface area (Å²) in [5.74, 6) is 0.729. The number of thiazole rings is 1. The van der Waals surface area contributed by atoms with Crippen molar-refractivity contribution in [2.75, 3.05) is 19.7 Å². The maximum Gasteiger partial charge on any atom is 0.265 e. The first kappa shape index (κ1) is 14.1. The van der Waals surface area contributed by atoms with Crippen LogP contribution in [0.3, 0.4) is 0 Å². The third-order valence-electron chi connectivity index (χ3n) is 3.31. The fourth-order valence-corrected chi connectivity index (χ4v) is 2.99. The molecule has 2 aromatic rings. The molecule has 0 N–H and O–H groups in total. The van der Waals surface area contributed by atoms with Crippen molar-refractivity contribution in [1.82, 2.24) is 19.9 Å². The molecule has 1 atom stereocenters. The number of ether oxygens (including phenoxy) is 1. The average molecular weight is 304 g/mol. The van der Waals surface area contributed by atoms with Crippen molar-refractivity contribution in [2.24, 2.45) is 0 Å². The van der Waals surface area contributed by atoms with Crippen LogP contribution in [0, 0.1) is 13.8 Å². The number of aryl methyl sites for hydroxylation is 2. The Hall–Kier alpha value is -1.86. The SMILES string of the molecule is Cc1cc([C@H]2CN(C(=O)c3cncs3)CCO2)nc(C)n1. The smallest absolute Gasteiger partial charge is 0.265 e. The van der Waals surface area contributed by atoms with Crippen LogP contribution in [0.4, 0.5) is 0 Å². The minimum Gasteiger partial charge on any atom is -0.368 e. The van der Waals surface area contributed by atoms with Gasteiger partial charge in [0, 0.05) is 12.2 Å². The van der Waals surface area contributed by atoms with Crippen LogP contribution in [0.1, 0.15) is 33.0 Å². The molecule has 1 fully saturated rings. The van der Waals surface area contributed by atoms with E-state index in [9.17, 15) is 4.79 Å². The number of rotatable bonds is 2. The summed E-state index contributed by atoms with van der Waals surface area (Å²) in [6.07, 6.45) is 1.41. The first-order valence-corrected chi connectivity index (χ1v) is 7.63. The van der Waals surface area contributed by atoms with Gasteiger partial charge < -0.3 is 9.64 Å². The molecule has 1 amide bonds. The Morgan fingerprint density at radius 2 is 2.29 bits per heavy atom. The van der Waals surface area contributed by atoms with Gasteiger partial charge in [-0.25, -0.2) is 9.97 Å². The number of morpholine rings is 1. The molecule has 0 aromatic carbocycles. The highest BCUT2D eigenvalue weighted by Crippen LogP contribution is 2.23. The molecule has 1 saturated heterocycles. The molecule has 21 heavy (non-hydrogen) atoms. The summed E-state index contributed by atoms with van der Waals surface area (Å²) >= 11 is 1.36. The molecule has 1 aliphatic rings. The highest BCUT2D eigenvalue weighted by Gasteiger charge is 2.27. The minimum atomic E-state index is -0.198. The van der Waals surface area contributed by atoms with E-state index in [4.69, 9.17) is 4.74 Å². The van der Waals surface area contributed by atoms with E-state index in [1.165, 1.54) is 11.3 Å². The third-order valence-corrected chi connectivity index (χ3v) is 4.07. The lowest BCUT2D eigenvalue weighted by Crippen LogP contribution is -2.42. The van der Waals surface area contributed by atoms with Gasteiger partial charge in [0.15, 0.2) is 0 Å². The molecule has 7 heteroatoms. The van der Waals surface area contributed by atoms with Crippen LogP contribution in [0.2, 0.25) is 0 Å². The highest BCUT2D eigenvalue weighted by molar-refractivity contribution is 7.11. The van der Waals surface area contributed by atoms with Crippen LogP contribution in [-0.2, 0) is 4.74 Å². The van der Waals surface area contributed by atoms with Gasteiger partial charge in [0.25, 0.3) is 5.91 Å². The maximum atomic E-state index is 12.4. The van der Waals surface area contributed by atoms with Crippen molar-refractivity contribution in [1.29, 1.82) is 0 Å². The van der Waals surface area contributed by atoms with Gasteiger partial charge in [-0.3, -0.25) is 9.78 Å². The maximum absolute atomic E-state index is 12.4. The van der Waals surface area contributed by atoms with Crippen LogP contribution >= 0.6 is 11.3 Å². The molecule has 0 unspecified atom stereocenters. The van der Waals surface area contributed by atoms with Crippen molar-refractivity contribution in [3.8, 4) is 0 Å². The van der Waals surface area contributed by atoms with Gasteiger partial charge >= 0.3 is 0 Å². The van der Waals surface area contributed by atoms with Crippen molar-refractivity contribution in [2.45, 2.75) is 20.0 Å². The lowest BCUT2D eigenvalue weighted by Gasteiger charge is -2.32. The van der Waals surface area contributed by atoms with E-state index in [-0.39, 0.29) is 12.0 Å². The van der Waals surface area contributed by atoms with Crippen LogP contribution in [0.15, 0.2) is 17.8 Å². The number of aromatic nitrogens is 3. The number of carbonyl (C=O) groups is 1. The molecular weight excluding hydrogens is 288 g/mol. The van der Waals surface area contributed by atoms with Gasteiger partial charge in [-0.05, 0) is 19.9 Å². The second kappa shape index (κ2) is 5.87. The Morgan fingerprint density at radius 1 is 1.43 bits per heavy atom. The summed E-state index contributed by atoms with van der Waals surface area (Å²) in [4.78, 5) is 27.5. The predicted molar refractivity (Wildman–Crippen MR) is 78.2 cm³/mol. The lowest BCUT2D eigenvalue weighted by molar-refractivity contribution is -0.0247. The fourth-order valence-electron chi connectivity index (χ4n) is 2.40. The first-order chi connectivity index (χ1) is 10.1. The summed E-state index contributed by atoms with van der Waals surface area (Å²) in [7, 11) is 0. The van der Waals surface area contributed by atoms with Crippen molar-refractivity contribution in [3.63, 3.8) is 0 Å². The van der Waals surface area contributed by atoms with Gasteiger partial charge in [-0.15, -0.1) is 11.3 Å². The quantitative estimate of drug-likeness (QED) is 0.845. The average Bonchev–Trinajstić information content (AvgIpc) is 3.00. The molecule has 110 valence electrons. The summed E-state index contributed by atoms with van der Waals surface area (Å²) in [6, 6.07) is 1.92. The van der Waals surface area contributed by atoms with Gasteiger partial charge in [0.05, 0.1) is 30.6 Å². The van der Waals surface area contributed by atoms with Crippen LogP contribution in [0.25, 0.3) is 0 Å². The second-order valence-electron chi connectivity index (χ2n) is 4.96. The Labute approximate surface area is 126 Å². The summed E-state index contributed by atoms with van der Waals surface area (Å²) in [5.41, 5.74) is 3.41. The Bertz CT molecular complexity index is 624. The van der Waals surface area contributed by atoms with Crippen molar-refractivity contribution >= 4 is 17.2 Å².